The highest BCUT2D eigenvalue weighted by Gasteiger charge is 2.30. The van der Waals surface area contributed by atoms with Crippen molar-refractivity contribution in [2.24, 2.45) is 0 Å². The molecule has 1 aromatic carbocycles. The molecule has 1 aliphatic heterocycles. The summed E-state index contributed by atoms with van der Waals surface area (Å²) in [6.07, 6.45) is 4.66. The number of carboxylic acid groups (broad SMARTS) is 1. The van der Waals surface area contributed by atoms with Gasteiger partial charge in [-0.15, -0.1) is 0 Å². The Bertz CT molecular complexity index is 748. The molecule has 1 aliphatic rings. The van der Waals surface area contributed by atoms with E-state index in [1.807, 2.05) is 38.2 Å². The van der Waals surface area contributed by atoms with E-state index < -0.39 is 12.0 Å². The lowest BCUT2D eigenvalue weighted by Gasteiger charge is -2.29. The molecule has 0 aliphatic carbocycles. The Morgan fingerprint density at radius 3 is 2.73 bits per heavy atom. The first-order valence-corrected chi connectivity index (χ1v) is 9.20. The molecule has 26 heavy (non-hydrogen) atoms. The van der Waals surface area contributed by atoms with Gasteiger partial charge in [-0.05, 0) is 49.6 Å². The summed E-state index contributed by atoms with van der Waals surface area (Å²) >= 11 is 0. The molecule has 1 atom stereocenters. The first kappa shape index (κ1) is 18.5. The number of benzene rings is 1. The Morgan fingerprint density at radius 1 is 1.19 bits per heavy atom. The highest BCUT2D eigenvalue weighted by Crippen LogP contribution is 2.26. The standard InChI is InChI=1S/C21H27N3O2/c1-16-6-7-19(17(2)13-16)20(21(25)26)24-10-4-9-23(11-12-24)15-18-5-3-8-22-14-18/h3,5-8,13-14,20H,4,9-12,15H2,1-2H3,(H,25,26)/t20-/m0/s1. The summed E-state index contributed by atoms with van der Waals surface area (Å²) in [5.74, 6) is -0.766. The maximum Gasteiger partial charge on any atom is 0.325 e. The zero-order valence-corrected chi connectivity index (χ0v) is 15.6. The molecule has 5 heteroatoms. The predicted octanol–water partition coefficient (Wildman–Crippen LogP) is 3.03. The molecule has 1 aromatic heterocycles. The van der Waals surface area contributed by atoms with Crippen LogP contribution >= 0.6 is 0 Å². The summed E-state index contributed by atoms with van der Waals surface area (Å²) < 4.78 is 0. The average molecular weight is 353 g/mol. The molecule has 0 unspecified atom stereocenters. The van der Waals surface area contributed by atoms with Gasteiger partial charge in [0.1, 0.15) is 6.04 Å². The highest BCUT2D eigenvalue weighted by molar-refractivity contribution is 5.76. The largest absolute Gasteiger partial charge is 0.480 e. The Morgan fingerprint density at radius 2 is 2.04 bits per heavy atom. The smallest absolute Gasteiger partial charge is 0.325 e. The average Bonchev–Trinajstić information content (AvgIpc) is 2.83. The van der Waals surface area contributed by atoms with Gasteiger partial charge in [0.2, 0.25) is 0 Å². The molecule has 1 N–H and O–H groups in total. The Kier molecular flexibility index (Phi) is 6.01. The van der Waals surface area contributed by atoms with Gasteiger partial charge in [0, 0.05) is 38.6 Å². The van der Waals surface area contributed by atoms with Crippen molar-refractivity contribution in [1.29, 1.82) is 0 Å². The summed E-state index contributed by atoms with van der Waals surface area (Å²) in [4.78, 5) is 20.7. The molecule has 3 rings (SSSR count). The van der Waals surface area contributed by atoms with E-state index in [2.05, 4.69) is 26.9 Å². The highest BCUT2D eigenvalue weighted by atomic mass is 16.4. The first-order chi connectivity index (χ1) is 12.5. The fourth-order valence-electron chi connectivity index (χ4n) is 3.78. The number of aromatic nitrogens is 1. The number of rotatable bonds is 5. The number of carboxylic acids is 1. The van der Waals surface area contributed by atoms with Crippen LogP contribution in [-0.4, -0.2) is 52.0 Å². The van der Waals surface area contributed by atoms with Crippen LogP contribution in [0.2, 0.25) is 0 Å². The minimum Gasteiger partial charge on any atom is -0.480 e. The number of carbonyl (C=O) groups is 1. The van der Waals surface area contributed by atoms with E-state index in [-0.39, 0.29) is 0 Å². The second kappa shape index (κ2) is 8.43. The Balaban J connectivity index is 1.72. The number of pyridine rings is 1. The first-order valence-electron chi connectivity index (χ1n) is 9.20. The number of hydrogen-bond acceptors (Lipinski definition) is 4. The Labute approximate surface area is 155 Å². The minimum absolute atomic E-state index is 0.575. The summed E-state index contributed by atoms with van der Waals surface area (Å²) in [7, 11) is 0. The molecule has 0 radical (unpaired) electrons. The minimum atomic E-state index is -0.766. The Hall–Kier alpha value is -2.24. The zero-order valence-electron chi connectivity index (χ0n) is 15.6. The molecule has 0 spiro atoms. The summed E-state index contributed by atoms with van der Waals surface area (Å²) in [5.41, 5.74) is 4.32. The third kappa shape index (κ3) is 4.48. The fourth-order valence-corrected chi connectivity index (χ4v) is 3.78. The van der Waals surface area contributed by atoms with Crippen LogP contribution < -0.4 is 0 Å². The van der Waals surface area contributed by atoms with E-state index >= 15 is 0 Å². The van der Waals surface area contributed by atoms with Crippen molar-refractivity contribution in [3.05, 3.63) is 65.0 Å². The molecule has 0 amide bonds. The van der Waals surface area contributed by atoms with Crippen LogP contribution in [0.4, 0.5) is 0 Å². The second-order valence-electron chi connectivity index (χ2n) is 7.13. The second-order valence-corrected chi connectivity index (χ2v) is 7.13. The van der Waals surface area contributed by atoms with Crippen molar-refractivity contribution in [2.75, 3.05) is 26.2 Å². The third-order valence-electron chi connectivity index (χ3n) is 5.07. The number of hydrogen-bond donors (Lipinski definition) is 1. The topological polar surface area (TPSA) is 56.7 Å². The maximum atomic E-state index is 12.1. The van der Waals surface area contributed by atoms with Gasteiger partial charge in [0.15, 0.2) is 0 Å². The van der Waals surface area contributed by atoms with Crippen molar-refractivity contribution in [2.45, 2.75) is 32.9 Å². The van der Waals surface area contributed by atoms with Gasteiger partial charge in [-0.25, -0.2) is 0 Å². The third-order valence-corrected chi connectivity index (χ3v) is 5.07. The normalized spacial score (nSPS) is 17.6. The lowest BCUT2D eigenvalue weighted by atomic mass is 9.98. The van der Waals surface area contributed by atoms with Crippen molar-refractivity contribution >= 4 is 5.97 Å². The molecular weight excluding hydrogens is 326 g/mol. The molecule has 1 saturated heterocycles. The fraction of sp³-hybridized carbons (Fsp3) is 0.429. The van der Waals surface area contributed by atoms with Gasteiger partial charge in [0.25, 0.3) is 0 Å². The van der Waals surface area contributed by atoms with Crippen molar-refractivity contribution in [3.63, 3.8) is 0 Å². The predicted molar refractivity (Wildman–Crippen MR) is 102 cm³/mol. The molecule has 2 heterocycles. The summed E-state index contributed by atoms with van der Waals surface area (Å²) in [6, 6.07) is 9.52. The molecule has 1 fully saturated rings. The molecule has 2 aromatic rings. The van der Waals surface area contributed by atoms with Gasteiger partial charge in [-0.1, -0.05) is 29.8 Å². The van der Waals surface area contributed by atoms with E-state index in [1.54, 1.807) is 6.20 Å². The number of aryl methyl sites for hydroxylation is 2. The zero-order chi connectivity index (χ0) is 18.5. The van der Waals surface area contributed by atoms with Gasteiger partial charge in [-0.3, -0.25) is 19.6 Å². The van der Waals surface area contributed by atoms with E-state index in [0.717, 1.165) is 55.8 Å². The summed E-state index contributed by atoms with van der Waals surface area (Å²) in [6.45, 7) is 8.30. The molecular formula is C21H27N3O2. The van der Waals surface area contributed by atoms with Gasteiger partial charge < -0.3 is 5.11 Å². The van der Waals surface area contributed by atoms with Crippen LogP contribution in [0.15, 0.2) is 42.7 Å². The molecule has 0 bridgehead atoms. The van der Waals surface area contributed by atoms with Crippen LogP contribution in [0.25, 0.3) is 0 Å². The monoisotopic (exact) mass is 353 g/mol. The van der Waals surface area contributed by atoms with Crippen molar-refractivity contribution in [3.8, 4) is 0 Å². The van der Waals surface area contributed by atoms with E-state index in [9.17, 15) is 9.90 Å². The lowest BCUT2D eigenvalue weighted by molar-refractivity contribution is -0.143. The van der Waals surface area contributed by atoms with E-state index in [4.69, 9.17) is 0 Å². The van der Waals surface area contributed by atoms with Crippen LogP contribution in [0.5, 0.6) is 0 Å². The van der Waals surface area contributed by atoms with Gasteiger partial charge in [0.05, 0.1) is 0 Å². The van der Waals surface area contributed by atoms with Crippen LogP contribution in [0.3, 0.4) is 0 Å². The number of aliphatic carboxylic acids is 1. The van der Waals surface area contributed by atoms with Crippen molar-refractivity contribution < 1.29 is 9.90 Å². The SMILES string of the molecule is Cc1ccc([C@@H](C(=O)O)N2CCCN(Cc3cccnc3)CC2)c(C)c1. The van der Waals surface area contributed by atoms with Crippen LogP contribution in [-0.2, 0) is 11.3 Å². The molecule has 5 nitrogen and oxygen atoms in total. The van der Waals surface area contributed by atoms with E-state index in [1.165, 1.54) is 5.56 Å². The van der Waals surface area contributed by atoms with Crippen LogP contribution in [0.1, 0.15) is 34.7 Å². The van der Waals surface area contributed by atoms with Crippen molar-refractivity contribution in [1.82, 2.24) is 14.8 Å². The molecule has 138 valence electrons. The maximum absolute atomic E-state index is 12.1. The van der Waals surface area contributed by atoms with Gasteiger partial charge >= 0.3 is 5.97 Å². The van der Waals surface area contributed by atoms with Gasteiger partial charge in [-0.2, -0.15) is 0 Å². The summed E-state index contributed by atoms with van der Waals surface area (Å²) in [5, 5.41) is 9.90. The molecule has 0 saturated carbocycles. The van der Waals surface area contributed by atoms with Crippen LogP contribution in [0, 0.1) is 13.8 Å². The quantitative estimate of drug-likeness (QED) is 0.895. The van der Waals surface area contributed by atoms with E-state index in [0.29, 0.717) is 0 Å². The lowest BCUT2D eigenvalue weighted by Crippen LogP contribution is -2.37. The number of nitrogens with zero attached hydrogens (tertiary/aromatic N) is 3.